The maximum Gasteiger partial charge on any atom is 0.315 e. The predicted molar refractivity (Wildman–Crippen MR) is 77.2 cm³/mol. The molecular formula is C13H23N3O2S. The molecule has 6 heteroatoms. The monoisotopic (exact) mass is 285 g/mol. The Morgan fingerprint density at radius 2 is 2.21 bits per heavy atom. The number of carbonyl (C=O) groups is 1. The van der Waals surface area contributed by atoms with Gasteiger partial charge in [-0.25, -0.2) is 9.78 Å². The largest absolute Gasteiger partial charge is 0.393 e. The van der Waals surface area contributed by atoms with E-state index in [0.717, 1.165) is 9.88 Å². The van der Waals surface area contributed by atoms with Crippen LogP contribution in [0, 0.1) is 12.3 Å². The predicted octanol–water partition coefficient (Wildman–Crippen LogP) is 2.05. The molecule has 0 aliphatic heterocycles. The third-order valence-electron chi connectivity index (χ3n) is 2.64. The average Bonchev–Trinajstić information content (AvgIpc) is 2.68. The van der Waals surface area contributed by atoms with Gasteiger partial charge in [-0.15, -0.1) is 11.3 Å². The Kier molecular flexibility index (Phi) is 5.75. The third kappa shape index (κ3) is 6.54. The summed E-state index contributed by atoms with van der Waals surface area (Å²) < 4.78 is 0. The van der Waals surface area contributed by atoms with Crippen molar-refractivity contribution in [3.8, 4) is 0 Å². The summed E-state index contributed by atoms with van der Waals surface area (Å²) >= 11 is 1.58. The van der Waals surface area contributed by atoms with E-state index in [1.54, 1.807) is 24.5 Å². The van der Waals surface area contributed by atoms with Crippen molar-refractivity contribution in [1.82, 2.24) is 15.6 Å². The van der Waals surface area contributed by atoms with Crippen molar-refractivity contribution in [2.75, 3.05) is 6.54 Å². The highest BCUT2D eigenvalue weighted by Gasteiger charge is 2.20. The lowest BCUT2D eigenvalue weighted by Gasteiger charge is -2.26. The van der Waals surface area contributed by atoms with Gasteiger partial charge in [0, 0.05) is 17.6 Å². The van der Waals surface area contributed by atoms with E-state index in [1.165, 1.54) is 0 Å². The van der Waals surface area contributed by atoms with Crippen molar-refractivity contribution < 1.29 is 9.90 Å². The van der Waals surface area contributed by atoms with E-state index in [9.17, 15) is 9.90 Å². The summed E-state index contributed by atoms with van der Waals surface area (Å²) in [6.07, 6.45) is 2.09. The molecule has 0 radical (unpaired) electrons. The number of rotatable bonds is 6. The smallest absolute Gasteiger partial charge is 0.315 e. The minimum absolute atomic E-state index is 0.122. The number of nitrogens with one attached hydrogen (secondary N) is 2. The summed E-state index contributed by atoms with van der Waals surface area (Å²) in [5.41, 5.74) is -0.122. The SMILES string of the molecule is Cc1cnc(CNC(=O)NCC(C)(C)CC(C)O)s1. The van der Waals surface area contributed by atoms with Gasteiger partial charge in [-0.2, -0.15) is 0 Å². The number of aliphatic hydroxyl groups excluding tert-OH is 1. The van der Waals surface area contributed by atoms with Crippen LogP contribution in [-0.4, -0.2) is 28.8 Å². The van der Waals surface area contributed by atoms with Gasteiger partial charge in [-0.05, 0) is 25.7 Å². The van der Waals surface area contributed by atoms with Crippen LogP contribution in [0.15, 0.2) is 6.20 Å². The van der Waals surface area contributed by atoms with Gasteiger partial charge in [-0.3, -0.25) is 0 Å². The molecule has 0 aromatic carbocycles. The van der Waals surface area contributed by atoms with Crippen LogP contribution in [0.2, 0.25) is 0 Å². The fraction of sp³-hybridized carbons (Fsp3) is 0.692. The molecule has 1 atom stereocenters. The highest BCUT2D eigenvalue weighted by Crippen LogP contribution is 2.20. The first-order valence-corrected chi connectivity index (χ1v) is 7.21. The Balaban J connectivity index is 2.28. The Hall–Kier alpha value is -1.14. The molecule has 19 heavy (non-hydrogen) atoms. The molecule has 1 heterocycles. The summed E-state index contributed by atoms with van der Waals surface area (Å²) in [6, 6.07) is -0.202. The summed E-state index contributed by atoms with van der Waals surface area (Å²) in [5, 5.41) is 15.9. The van der Waals surface area contributed by atoms with Crippen LogP contribution >= 0.6 is 11.3 Å². The zero-order chi connectivity index (χ0) is 14.5. The fourth-order valence-electron chi connectivity index (χ4n) is 1.89. The van der Waals surface area contributed by atoms with Crippen LogP contribution in [-0.2, 0) is 6.54 Å². The molecule has 1 unspecified atom stereocenters. The maximum absolute atomic E-state index is 11.6. The number of thiazole rings is 1. The van der Waals surface area contributed by atoms with Gasteiger partial charge >= 0.3 is 6.03 Å². The number of carbonyl (C=O) groups excluding carboxylic acids is 1. The van der Waals surface area contributed by atoms with Crippen LogP contribution in [0.3, 0.4) is 0 Å². The number of aryl methyl sites for hydroxylation is 1. The second kappa shape index (κ2) is 6.86. The molecule has 5 nitrogen and oxygen atoms in total. The van der Waals surface area contributed by atoms with Crippen LogP contribution in [0.1, 0.15) is 37.1 Å². The minimum atomic E-state index is -0.363. The van der Waals surface area contributed by atoms with Gasteiger partial charge in [0.05, 0.1) is 12.6 Å². The number of nitrogens with zero attached hydrogens (tertiary/aromatic N) is 1. The van der Waals surface area contributed by atoms with E-state index in [-0.39, 0.29) is 17.6 Å². The standard InChI is InChI=1S/C13H23N3O2S/c1-9(17)5-13(3,4)8-16-12(18)15-7-11-14-6-10(2)19-11/h6,9,17H,5,7-8H2,1-4H3,(H2,15,16,18). The number of aliphatic hydroxyl groups is 1. The molecular weight excluding hydrogens is 262 g/mol. The minimum Gasteiger partial charge on any atom is -0.393 e. The quantitative estimate of drug-likeness (QED) is 0.749. The Bertz CT molecular complexity index is 416. The van der Waals surface area contributed by atoms with Gasteiger partial charge in [0.15, 0.2) is 0 Å². The summed E-state index contributed by atoms with van der Waals surface area (Å²) in [4.78, 5) is 17.0. The topological polar surface area (TPSA) is 74.2 Å². The van der Waals surface area contributed by atoms with Crippen molar-refractivity contribution in [3.05, 3.63) is 16.1 Å². The third-order valence-corrected chi connectivity index (χ3v) is 3.56. The zero-order valence-corrected chi connectivity index (χ0v) is 12.8. The summed E-state index contributed by atoms with van der Waals surface area (Å²) in [5.74, 6) is 0. The fourth-order valence-corrected chi connectivity index (χ4v) is 2.62. The summed E-state index contributed by atoms with van der Waals surface area (Å²) in [6.45, 7) is 8.75. The van der Waals surface area contributed by atoms with Gasteiger partial charge < -0.3 is 15.7 Å². The molecule has 2 amide bonds. The van der Waals surface area contributed by atoms with E-state index in [4.69, 9.17) is 0 Å². The van der Waals surface area contributed by atoms with E-state index < -0.39 is 0 Å². The van der Waals surface area contributed by atoms with Crippen molar-refractivity contribution in [3.63, 3.8) is 0 Å². The lowest BCUT2D eigenvalue weighted by molar-refractivity contribution is 0.129. The lowest BCUT2D eigenvalue weighted by Crippen LogP contribution is -2.41. The van der Waals surface area contributed by atoms with Crippen LogP contribution in [0.25, 0.3) is 0 Å². The van der Waals surface area contributed by atoms with Crippen molar-refractivity contribution in [1.29, 1.82) is 0 Å². The molecule has 0 saturated carbocycles. The Morgan fingerprint density at radius 3 is 2.74 bits per heavy atom. The highest BCUT2D eigenvalue weighted by atomic mass is 32.1. The normalized spacial score (nSPS) is 13.1. The van der Waals surface area contributed by atoms with Crippen molar-refractivity contribution in [2.45, 2.75) is 46.8 Å². The van der Waals surface area contributed by atoms with Gasteiger partial charge in [0.1, 0.15) is 5.01 Å². The van der Waals surface area contributed by atoms with E-state index in [1.807, 2.05) is 20.8 Å². The molecule has 3 N–H and O–H groups in total. The molecule has 0 fully saturated rings. The van der Waals surface area contributed by atoms with Gasteiger partial charge in [-0.1, -0.05) is 13.8 Å². The number of amides is 2. The van der Waals surface area contributed by atoms with E-state index >= 15 is 0 Å². The average molecular weight is 285 g/mol. The molecule has 0 aliphatic rings. The molecule has 1 aromatic rings. The number of aromatic nitrogens is 1. The second-order valence-electron chi connectivity index (χ2n) is 5.62. The number of hydrogen-bond donors (Lipinski definition) is 3. The Morgan fingerprint density at radius 1 is 1.53 bits per heavy atom. The first kappa shape index (κ1) is 15.9. The molecule has 1 aromatic heterocycles. The molecule has 0 saturated heterocycles. The molecule has 0 spiro atoms. The second-order valence-corrected chi connectivity index (χ2v) is 6.94. The molecule has 0 bridgehead atoms. The lowest BCUT2D eigenvalue weighted by atomic mass is 9.87. The number of urea groups is 1. The van der Waals surface area contributed by atoms with Crippen LogP contribution in [0.4, 0.5) is 4.79 Å². The van der Waals surface area contributed by atoms with Crippen LogP contribution < -0.4 is 10.6 Å². The molecule has 0 aliphatic carbocycles. The highest BCUT2D eigenvalue weighted by molar-refractivity contribution is 7.11. The van der Waals surface area contributed by atoms with E-state index in [0.29, 0.717) is 19.5 Å². The first-order valence-electron chi connectivity index (χ1n) is 6.39. The van der Waals surface area contributed by atoms with Gasteiger partial charge in [0.2, 0.25) is 0 Å². The van der Waals surface area contributed by atoms with Crippen molar-refractivity contribution >= 4 is 17.4 Å². The summed E-state index contributed by atoms with van der Waals surface area (Å²) in [7, 11) is 0. The zero-order valence-electron chi connectivity index (χ0n) is 12.0. The number of hydrogen-bond acceptors (Lipinski definition) is 4. The van der Waals surface area contributed by atoms with Gasteiger partial charge in [0.25, 0.3) is 0 Å². The Labute approximate surface area is 118 Å². The maximum atomic E-state index is 11.6. The first-order chi connectivity index (χ1) is 8.78. The van der Waals surface area contributed by atoms with Crippen LogP contribution in [0.5, 0.6) is 0 Å². The molecule has 1 rings (SSSR count). The van der Waals surface area contributed by atoms with E-state index in [2.05, 4.69) is 15.6 Å². The molecule has 108 valence electrons. The van der Waals surface area contributed by atoms with Crippen molar-refractivity contribution in [2.24, 2.45) is 5.41 Å².